The van der Waals surface area contributed by atoms with E-state index in [-0.39, 0.29) is 25.2 Å². The van der Waals surface area contributed by atoms with Gasteiger partial charge in [-0.3, -0.25) is 9.59 Å². The van der Waals surface area contributed by atoms with Crippen LogP contribution in [0.4, 0.5) is 0 Å². The number of rotatable bonds is 60. The molecule has 5 nitrogen and oxygen atoms in total. The predicted molar refractivity (Wildman–Crippen MR) is 320 cm³/mol. The lowest BCUT2D eigenvalue weighted by molar-refractivity contribution is -0.161. The Morgan fingerprint density at radius 3 is 0.836 bits per heavy atom. The first-order valence-corrected chi connectivity index (χ1v) is 32.3. The molecule has 0 aliphatic rings. The normalized spacial score (nSPS) is 12.5. The molecule has 0 aromatic heterocycles. The molecule has 0 saturated carbocycles. The third-order valence-electron chi connectivity index (χ3n) is 14.5. The summed E-state index contributed by atoms with van der Waals surface area (Å²) in [6.45, 7) is 4.14. The van der Waals surface area contributed by atoms with Gasteiger partial charge in [-0.05, 0) is 83.5 Å². The van der Waals surface area contributed by atoms with Crippen molar-refractivity contribution in [2.75, 3.05) is 13.2 Å². The Hall–Kier alpha value is -2.40. The highest BCUT2D eigenvalue weighted by Crippen LogP contribution is 2.18. The van der Waals surface area contributed by atoms with Crippen LogP contribution in [0.3, 0.4) is 0 Å². The van der Waals surface area contributed by atoms with Crippen LogP contribution in [0.15, 0.2) is 60.8 Å². The molecule has 0 rings (SSSR count). The first kappa shape index (κ1) is 70.6. The van der Waals surface area contributed by atoms with Crippen LogP contribution in [0.5, 0.6) is 0 Å². The first-order chi connectivity index (χ1) is 36.1. The minimum absolute atomic E-state index is 0.0671. The van der Waals surface area contributed by atoms with Gasteiger partial charge in [0.25, 0.3) is 0 Å². The van der Waals surface area contributed by atoms with Crippen molar-refractivity contribution in [1.82, 2.24) is 0 Å². The van der Waals surface area contributed by atoms with Crippen molar-refractivity contribution >= 4 is 11.9 Å². The standard InChI is InChI=1S/C68H124O5/c1-3-5-7-9-11-13-15-17-19-21-23-24-25-26-27-28-29-30-31-32-33-34-35-36-37-38-39-40-41-42-43-44-45-47-49-51-53-55-57-59-61-63-68(71)73-66(64-69)65-72-67(70)62-60-58-56-54-52-50-48-46-22-20-18-16-14-12-10-8-6-4-2/h14-17,20-23,25-26,66,69H,3-13,18-19,24,27-65H2,1-2H3/b16-14-,17-15-,22-20-,23-21-,26-25-. The van der Waals surface area contributed by atoms with E-state index in [1.165, 1.54) is 257 Å². The van der Waals surface area contributed by atoms with Crippen LogP contribution in [0, 0.1) is 0 Å². The molecule has 0 fully saturated rings. The van der Waals surface area contributed by atoms with Gasteiger partial charge in [-0.1, -0.05) is 306 Å². The Bertz CT molecular complexity index is 1250. The smallest absolute Gasteiger partial charge is 0.306 e. The van der Waals surface area contributed by atoms with Crippen molar-refractivity contribution in [3.63, 3.8) is 0 Å². The number of ether oxygens (including phenoxy) is 2. The van der Waals surface area contributed by atoms with Crippen molar-refractivity contribution < 1.29 is 24.2 Å². The van der Waals surface area contributed by atoms with Crippen LogP contribution in [0.25, 0.3) is 0 Å². The highest BCUT2D eigenvalue weighted by Gasteiger charge is 2.16. The Kier molecular flexibility index (Phi) is 61.8. The van der Waals surface area contributed by atoms with E-state index in [9.17, 15) is 14.7 Å². The van der Waals surface area contributed by atoms with Crippen LogP contribution in [0.1, 0.15) is 341 Å². The fourth-order valence-electron chi connectivity index (χ4n) is 9.66. The average Bonchev–Trinajstić information content (AvgIpc) is 3.39. The predicted octanol–water partition coefficient (Wildman–Crippen LogP) is 22.1. The largest absolute Gasteiger partial charge is 0.462 e. The highest BCUT2D eigenvalue weighted by atomic mass is 16.6. The topological polar surface area (TPSA) is 72.8 Å². The Labute approximate surface area is 455 Å². The number of aliphatic hydroxyl groups excluding tert-OH is 1. The zero-order valence-electron chi connectivity index (χ0n) is 48.9. The van der Waals surface area contributed by atoms with Gasteiger partial charge in [0.1, 0.15) is 6.61 Å². The number of esters is 2. The van der Waals surface area contributed by atoms with Gasteiger partial charge >= 0.3 is 11.9 Å². The van der Waals surface area contributed by atoms with E-state index in [0.29, 0.717) is 12.8 Å². The molecule has 1 unspecified atom stereocenters. The lowest BCUT2D eigenvalue weighted by Gasteiger charge is -2.15. The maximum absolute atomic E-state index is 12.3. The summed E-state index contributed by atoms with van der Waals surface area (Å²) in [5.41, 5.74) is 0. The summed E-state index contributed by atoms with van der Waals surface area (Å²) in [5, 5.41) is 9.66. The molecule has 0 aliphatic heterocycles. The van der Waals surface area contributed by atoms with Crippen molar-refractivity contribution in [3.8, 4) is 0 Å². The summed E-state index contributed by atoms with van der Waals surface area (Å²) < 4.78 is 10.7. The van der Waals surface area contributed by atoms with E-state index < -0.39 is 6.10 Å². The Morgan fingerprint density at radius 1 is 0.315 bits per heavy atom. The molecule has 1 N–H and O–H groups in total. The summed E-state index contributed by atoms with van der Waals surface area (Å²) in [6, 6.07) is 0. The van der Waals surface area contributed by atoms with Crippen LogP contribution in [0.2, 0.25) is 0 Å². The number of unbranched alkanes of at least 4 members (excludes halogenated alkanes) is 42. The quantitative estimate of drug-likeness (QED) is 0.0373. The zero-order valence-corrected chi connectivity index (χ0v) is 48.9. The SMILES string of the molecule is CCCCCC/C=C\C/C=C\CCCCCCCCCC(=O)OCC(CO)OC(=O)CCCCCCCCCCCCCCCCCCCCCCCCCCCC/C=C\C/C=C\C/C=C\CCCCCCC. The van der Waals surface area contributed by atoms with Gasteiger partial charge in [0.2, 0.25) is 0 Å². The molecule has 0 spiro atoms. The number of carbonyl (C=O) groups excluding carboxylic acids is 2. The molecular weight excluding hydrogens is 897 g/mol. The molecule has 0 heterocycles. The van der Waals surface area contributed by atoms with Crippen LogP contribution in [-0.2, 0) is 19.1 Å². The van der Waals surface area contributed by atoms with Gasteiger partial charge in [-0.15, -0.1) is 0 Å². The van der Waals surface area contributed by atoms with E-state index in [0.717, 1.165) is 57.8 Å². The lowest BCUT2D eigenvalue weighted by atomic mass is 10.0. The minimum Gasteiger partial charge on any atom is -0.462 e. The van der Waals surface area contributed by atoms with E-state index in [2.05, 4.69) is 74.6 Å². The van der Waals surface area contributed by atoms with Gasteiger partial charge in [0.15, 0.2) is 6.10 Å². The minimum atomic E-state index is -0.775. The summed E-state index contributed by atoms with van der Waals surface area (Å²) in [6.07, 6.45) is 86.7. The molecule has 0 aliphatic carbocycles. The van der Waals surface area contributed by atoms with Gasteiger partial charge in [0, 0.05) is 12.8 Å². The molecule has 0 radical (unpaired) electrons. The van der Waals surface area contributed by atoms with Crippen molar-refractivity contribution in [3.05, 3.63) is 60.8 Å². The number of allylic oxidation sites excluding steroid dienone is 10. The molecule has 1 atom stereocenters. The van der Waals surface area contributed by atoms with Crippen LogP contribution in [-0.4, -0.2) is 36.4 Å². The number of hydrogen-bond donors (Lipinski definition) is 1. The lowest BCUT2D eigenvalue weighted by Crippen LogP contribution is -2.28. The molecule has 5 heteroatoms. The average molecular weight is 1020 g/mol. The van der Waals surface area contributed by atoms with Gasteiger partial charge < -0.3 is 14.6 Å². The number of aliphatic hydroxyl groups is 1. The maximum Gasteiger partial charge on any atom is 0.306 e. The fraction of sp³-hybridized carbons (Fsp3) is 0.824. The van der Waals surface area contributed by atoms with Crippen LogP contribution >= 0.6 is 0 Å². The van der Waals surface area contributed by atoms with Gasteiger partial charge in [0.05, 0.1) is 6.61 Å². The molecule has 73 heavy (non-hydrogen) atoms. The number of carbonyl (C=O) groups is 2. The number of hydrogen-bond acceptors (Lipinski definition) is 5. The van der Waals surface area contributed by atoms with E-state index in [4.69, 9.17) is 9.47 Å². The first-order valence-electron chi connectivity index (χ1n) is 32.3. The van der Waals surface area contributed by atoms with Crippen molar-refractivity contribution in [2.45, 2.75) is 347 Å². The molecular formula is C68H124O5. The highest BCUT2D eigenvalue weighted by molar-refractivity contribution is 5.70. The Morgan fingerprint density at radius 2 is 0.548 bits per heavy atom. The molecule has 0 aromatic carbocycles. The maximum atomic E-state index is 12.3. The second-order valence-electron chi connectivity index (χ2n) is 21.8. The summed E-state index contributed by atoms with van der Waals surface area (Å²) in [4.78, 5) is 24.5. The van der Waals surface area contributed by atoms with Crippen molar-refractivity contribution in [2.24, 2.45) is 0 Å². The van der Waals surface area contributed by atoms with Gasteiger partial charge in [-0.2, -0.15) is 0 Å². The molecule has 426 valence electrons. The molecule has 0 amide bonds. The second-order valence-corrected chi connectivity index (χ2v) is 21.8. The molecule has 0 bridgehead atoms. The fourth-order valence-corrected chi connectivity index (χ4v) is 9.66. The second kappa shape index (κ2) is 63.9. The third-order valence-corrected chi connectivity index (χ3v) is 14.5. The molecule has 0 aromatic rings. The van der Waals surface area contributed by atoms with Crippen molar-refractivity contribution in [1.29, 1.82) is 0 Å². The summed E-state index contributed by atoms with van der Waals surface area (Å²) >= 11 is 0. The summed E-state index contributed by atoms with van der Waals surface area (Å²) in [5.74, 6) is -0.585. The monoisotopic (exact) mass is 1020 g/mol. The summed E-state index contributed by atoms with van der Waals surface area (Å²) in [7, 11) is 0. The van der Waals surface area contributed by atoms with Crippen LogP contribution < -0.4 is 0 Å². The van der Waals surface area contributed by atoms with E-state index >= 15 is 0 Å². The van der Waals surface area contributed by atoms with E-state index in [1.807, 2.05) is 0 Å². The molecule has 0 saturated heterocycles. The van der Waals surface area contributed by atoms with E-state index in [1.54, 1.807) is 0 Å². The third kappa shape index (κ3) is 62.0. The zero-order chi connectivity index (χ0) is 52.7. The van der Waals surface area contributed by atoms with Gasteiger partial charge in [-0.25, -0.2) is 0 Å². The Balaban J connectivity index is 3.39.